The van der Waals surface area contributed by atoms with Gasteiger partial charge < -0.3 is 5.11 Å². The van der Waals surface area contributed by atoms with E-state index < -0.39 is 5.97 Å². The molecule has 0 aromatic rings. The molecule has 22 heavy (non-hydrogen) atoms. The molecule has 0 aliphatic rings. The van der Waals surface area contributed by atoms with Gasteiger partial charge in [0.15, 0.2) is 0 Å². The van der Waals surface area contributed by atoms with Gasteiger partial charge in [-0.25, -0.2) is 0 Å². The lowest BCUT2D eigenvalue weighted by Gasteiger charge is -1.95. The zero-order chi connectivity index (χ0) is 16.3. The quantitative estimate of drug-likeness (QED) is 0.279. The van der Waals surface area contributed by atoms with Crippen molar-refractivity contribution in [1.29, 1.82) is 0 Å². The molecule has 0 atom stereocenters. The van der Waals surface area contributed by atoms with Gasteiger partial charge in [-0.15, -0.1) is 0 Å². The van der Waals surface area contributed by atoms with Crippen LogP contribution in [0, 0.1) is 0 Å². The van der Waals surface area contributed by atoms with E-state index in [0.29, 0.717) is 6.42 Å². The van der Waals surface area contributed by atoms with E-state index >= 15 is 0 Å². The van der Waals surface area contributed by atoms with Crippen molar-refractivity contribution in [2.45, 2.75) is 84.0 Å². The molecule has 0 fully saturated rings. The molecule has 0 rings (SSSR count). The second-order valence-corrected chi connectivity index (χ2v) is 5.69. The molecular weight excluding hydrogens is 272 g/mol. The maximum absolute atomic E-state index is 10.3. The number of unbranched alkanes of at least 4 members (excludes halogenated alkanes) is 7. The Morgan fingerprint density at radius 2 is 1.23 bits per heavy atom. The third-order valence-electron chi connectivity index (χ3n) is 3.51. The molecule has 2 nitrogen and oxygen atoms in total. The van der Waals surface area contributed by atoms with E-state index in [4.69, 9.17) is 5.11 Å². The average molecular weight is 306 g/mol. The summed E-state index contributed by atoms with van der Waals surface area (Å²) in [6, 6.07) is 0. The third-order valence-corrected chi connectivity index (χ3v) is 3.51. The van der Waals surface area contributed by atoms with E-state index in [1.165, 1.54) is 32.1 Å². The second-order valence-electron chi connectivity index (χ2n) is 5.69. The van der Waals surface area contributed by atoms with Crippen molar-refractivity contribution < 1.29 is 9.90 Å². The summed E-state index contributed by atoms with van der Waals surface area (Å²) in [4.78, 5) is 10.3. The largest absolute Gasteiger partial charge is 0.481 e. The molecule has 0 amide bonds. The number of carboxylic acid groups (broad SMARTS) is 1. The van der Waals surface area contributed by atoms with Crippen LogP contribution < -0.4 is 0 Å². The number of carboxylic acids is 1. The first-order valence-electron chi connectivity index (χ1n) is 8.94. The van der Waals surface area contributed by atoms with Crippen molar-refractivity contribution in [1.82, 2.24) is 0 Å². The van der Waals surface area contributed by atoms with Gasteiger partial charge in [-0.3, -0.25) is 4.79 Å². The average Bonchev–Trinajstić information content (AvgIpc) is 2.50. The summed E-state index contributed by atoms with van der Waals surface area (Å²) in [5.41, 5.74) is 0. The molecule has 0 bridgehead atoms. The lowest BCUT2D eigenvalue weighted by molar-refractivity contribution is -0.137. The number of carbonyl (C=O) groups is 1. The lowest BCUT2D eigenvalue weighted by atomic mass is 10.1. The SMILES string of the molecule is CC/C=C/CCCCC/C=C/C/C=C/CCCCCC(=O)O. The number of rotatable bonds is 15. The van der Waals surface area contributed by atoms with Crippen LogP contribution in [0.25, 0.3) is 0 Å². The molecule has 0 aliphatic heterocycles. The van der Waals surface area contributed by atoms with E-state index in [1.54, 1.807) is 0 Å². The maximum atomic E-state index is 10.3. The van der Waals surface area contributed by atoms with Crippen molar-refractivity contribution in [3.8, 4) is 0 Å². The minimum atomic E-state index is -0.682. The zero-order valence-corrected chi connectivity index (χ0v) is 14.3. The molecule has 126 valence electrons. The summed E-state index contributed by atoms with van der Waals surface area (Å²) in [5.74, 6) is -0.682. The van der Waals surface area contributed by atoms with Crippen molar-refractivity contribution in [2.75, 3.05) is 0 Å². The Morgan fingerprint density at radius 3 is 1.73 bits per heavy atom. The molecule has 0 radical (unpaired) electrons. The number of hydrogen-bond acceptors (Lipinski definition) is 1. The summed E-state index contributed by atoms with van der Waals surface area (Å²) in [6.07, 6.45) is 26.3. The van der Waals surface area contributed by atoms with Gasteiger partial charge in [0.25, 0.3) is 0 Å². The first-order valence-corrected chi connectivity index (χ1v) is 8.94. The third kappa shape index (κ3) is 18.7. The van der Waals surface area contributed by atoms with E-state index in [-0.39, 0.29) is 0 Å². The van der Waals surface area contributed by atoms with Gasteiger partial charge in [-0.2, -0.15) is 0 Å². The monoisotopic (exact) mass is 306 g/mol. The topological polar surface area (TPSA) is 37.3 Å². The van der Waals surface area contributed by atoms with Gasteiger partial charge in [-0.05, 0) is 57.8 Å². The van der Waals surface area contributed by atoms with Crippen LogP contribution in [-0.2, 0) is 4.79 Å². The van der Waals surface area contributed by atoms with Gasteiger partial charge >= 0.3 is 5.97 Å². The van der Waals surface area contributed by atoms with Crippen LogP contribution in [0.2, 0.25) is 0 Å². The molecular formula is C20H34O2. The number of aliphatic carboxylic acids is 1. The second kappa shape index (κ2) is 17.7. The van der Waals surface area contributed by atoms with E-state index in [9.17, 15) is 4.79 Å². The Balaban J connectivity index is 3.24. The minimum absolute atomic E-state index is 0.307. The molecule has 0 unspecified atom stereocenters. The molecule has 1 N–H and O–H groups in total. The van der Waals surface area contributed by atoms with Crippen LogP contribution in [0.15, 0.2) is 36.5 Å². The van der Waals surface area contributed by atoms with E-state index in [2.05, 4.69) is 43.4 Å². The summed E-state index contributed by atoms with van der Waals surface area (Å²) in [6.45, 7) is 2.18. The van der Waals surface area contributed by atoms with Crippen LogP contribution >= 0.6 is 0 Å². The van der Waals surface area contributed by atoms with Crippen LogP contribution in [0.5, 0.6) is 0 Å². The molecule has 0 heterocycles. The molecule has 0 aliphatic carbocycles. The summed E-state index contributed by atoms with van der Waals surface area (Å²) in [5, 5.41) is 8.51. The van der Waals surface area contributed by atoms with Gasteiger partial charge in [0, 0.05) is 6.42 Å². The predicted molar refractivity (Wildman–Crippen MR) is 96.1 cm³/mol. The fourth-order valence-corrected chi connectivity index (χ4v) is 2.21. The van der Waals surface area contributed by atoms with Gasteiger partial charge in [0.1, 0.15) is 0 Å². The molecule has 0 saturated heterocycles. The van der Waals surface area contributed by atoms with E-state index in [1.807, 2.05) is 0 Å². The molecule has 0 spiro atoms. The van der Waals surface area contributed by atoms with Crippen molar-refractivity contribution in [2.24, 2.45) is 0 Å². The van der Waals surface area contributed by atoms with Crippen molar-refractivity contribution in [3.63, 3.8) is 0 Å². The number of hydrogen-bond donors (Lipinski definition) is 1. The van der Waals surface area contributed by atoms with Gasteiger partial charge in [0.05, 0.1) is 0 Å². The standard InChI is InChI=1S/C20H34O2/c1-2-3-4-5-6-7-8-9-10-11-12-13-14-15-16-17-18-19-20(21)22/h3-4,10-11,13-14H,2,5-9,12,15-19H2,1H3,(H,21,22)/b4-3+,11-10+,14-13+. The van der Waals surface area contributed by atoms with E-state index in [0.717, 1.165) is 38.5 Å². The summed E-state index contributed by atoms with van der Waals surface area (Å²) < 4.78 is 0. The van der Waals surface area contributed by atoms with Gasteiger partial charge in [0.2, 0.25) is 0 Å². The maximum Gasteiger partial charge on any atom is 0.303 e. The molecule has 2 heteroatoms. The Bertz CT molecular complexity index is 327. The lowest BCUT2D eigenvalue weighted by Crippen LogP contribution is -1.93. The smallest absolute Gasteiger partial charge is 0.303 e. The van der Waals surface area contributed by atoms with Crippen LogP contribution in [0.3, 0.4) is 0 Å². The highest BCUT2D eigenvalue weighted by molar-refractivity contribution is 5.66. The van der Waals surface area contributed by atoms with Crippen LogP contribution in [-0.4, -0.2) is 11.1 Å². The first kappa shape index (κ1) is 20.7. The normalized spacial score (nSPS) is 12.0. The highest BCUT2D eigenvalue weighted by Gasteiger charge is 1.94. The highest BCUT2D eigenvalue weighted by Crippen LogP contribution is 2.06. The number of allylic oxidation sites excluding steroid dienone is 6. The fourth-order valence-electron chi connectivity index (χ4n) is 2.21. The molecule has 0 aromatic heterocycles. The van der Waals surface area contributed by atoms with Crippen LogP contribution in [0.1, 0.15) is 84.0 Å². The zero-order valence-electron chi connectivity index (χ0n) is 14.3. The minimum Gasteiger partial charge on any atom is -0.481 e. The molecule has 0 saturated carbocycles. The van der Waals surface area contributed by atoms with Gasteiger partial charge in [-0.1, -0.05) is 56.2 Å². The highest BCUT2D eigenvalue weighted by atomic mass is 16.4. The Kier molecular flexibility index (Phi) is 16.7. The Labute approximate surface area is 137 Å². The predicted octanol–water partition coefficient (Wildman–Crippen LogP) is 6.44. The van der Waals surface area contributed by atoms with Crippen molar-refractivity contribution >= 4 is 5.97 Å². The summed E-state index contributed by atoms with van der Waals surface area (Å²) >= 11 is 0. The molecule has 0 aromatic carbocycles. The Morgan fingerprint density at radius 1 is 0.727 bits per heavy atom. The Hall–Kier alpha value is -1.31. The fraction of sp³-hybridized carbons (Fsp3) is 0.650. The van der Waals surface area contributed by atoms with Crippen molar-refractivity contribution in [3.05, 3.63) is 36.5 Å². The van der Waals surface area contributed by atoms with Crippen LogP contribution in [0.4, 0.5) is 0 Å². The first-order chi connectivity index (χ1) is 10.8. The summed E-state index contributed by atoms with van der Waals surface area (Å²) in [7, 11) is 0.